The second kappa shape index (κ2) is 11.7. The van der Waals surface area contributed by atoms with Gasteiger partial charge in [0.2, 0.25) is 0 Å². The lowest BCUT2D eigenvalue weighted by Crippen LogP contribution is -2.46. The molecule has 1 fully saturated rings. The Morgan fingerprint density at radius 3 is 2.61 bits per heavy atom. The van der Waals surface area contributed by atoms with Crippen molar-refractivity contribution in [1.29, 1.82) is 0 Å². The van der Waals surface area contributed by atoms with Crippen LogP contribution < -0.4 is 4.74 Å². The molecule has 0 spiro atoms. The van der Waals surface area contributed by atoms with Crippen LogP contribution in [0.4, 0.5) is 0 Å². The fourth-order valence-corrected chi connectivity index (χ4v) is 6.04. The minimum absolute atomic E-state index is 0.312. The number of fused-ring (bicyclic) bond motifs is 2. The molecule has 0 amide bonds. The van der Waals surface area contributed by atoms with Crippen molar-refractivity contribution in [3.8, 4) is 5.75 Å². The first-order valence-corrected chi connectivity index (χ1v) is 13.7. The van der Waals surface area contributed by atoms with E-state index in [0.29, 0.717) is 12.6 Å². The van der Waals surface area contributed by atoms with Crippen LogP contribution in [0.1, 0.15) is 22.7 Å². The zero-order chi connectivity index (χ0) is 24.9. The minimum atomic E-state index is 0.312. The summed E-state index contributed by atoms with van der Waals surface area (Å²) in [4.78, 5) is 7.37. The fraction of sp³-hybridized carbons (Fsp3) is 0.345. The predicted molar refractivity (Wildman–Crippen MR) is 150 cm³/mol. The molecule has 0 aliphatic carbocycles. The Labute approximate surface area is 223 Å². The highest BCUT2D eigenvalue weighted by atomic mass is 35.5. The molecule has 3 aromatic carbocycles. The first-order chi connectivity index (χ1) is 17.6. The molecule has 3 aromatic rings. The molecule has 0 radical (unpaired) electrons. The largest absolute Gasteiger partial charge is 0.492 e. The molecular weight excluding hydrogens is 488 g/mol. The maximum absolute atomic E-state index is 6.46. The maximum atomic E-state index is 6.46. The standard InChI is InChI=1S/C29H33ClN4OS/c1-32(2)17-18-35-27-9-5-3-8-23(27)21-31-34-15-13-33(14-16-34)26-19-22-7-4-6-10-28(22)36-29-12-11-24(30)20-25(26)29/h3-12,20-21,26H,13-19H2,1-2H3/b31-21-. The lowest BCUT2D eigenvalue weighted by molar-refractivity contribution is 0.0970. The van der Waals surface area contributed by atoms with Crippen LogP contribution in [0.3, 0.4) is 0 Å². The summed E-state index contributed by atoms with van der Waals surface area (Å²) >= 11 is 8.32. The van der Waals surface area contributed by atoms with Crippen molar-refractivity contribution < 1.29 is 4.74 Å². The van der Waals surface area contributed by atoms with Crippen molar-refractivity contribution in [3.63, 3.8) is 0 Å². The number of rotatable bonds is 7. The molecule has 0 saturated carbocycles. The second-order valence-electron chi connectivity index (χ2n) is 9.54. The van der Waals surface area contributed by atoms with Gasteiger partial charge in [0.1, 0.15) is 12.4 Å². The van der Waals surface area contributed by atoms with Crippen molar-refractivity contribution >= 4 is 29.6 Å². The third kappa shape index (κ3) is 6.06. The van der Waals surface area contributed by atoms with Gasteiger partial charge in [-0.2, -0.15) is 5.10 Å². The van der Waals surface area contributed by atoms with Crippen molar-refractivity contribution in [3.05, 3.63) is 88.4 Å². The molecule has 1 atom stereocenters. The first kappa shape index (κ1) is 25.2. The van der Waals surface area contributed by atoms with E-state index in [1.807, 2.05) is 42.2 Å². The number of halogens is 1. The molecule has 0 aromatic heterocycles. The van der Waals surface area contributed by atoms with Crippen molar-refractivity contribution in [2.75, 3.05) is 53.4 Å². The van der Waals surface area contributed by atoms with Crippen LogP contribution in [0.15, 0.2) is 81.6 Å². The number of likely N-dealkylation sites (N-methyl/N-ethyl adjacent to an activating group) is 1. The molecule has 1 saturated heterocycles. The molecule has 2 aliphatic heterocycles. The summed E-state index contributed by atoms with van der Waals surface area (Å²) in [6.45, 7) is 5.24. The molecule has 5 rings (SSSR count). The number of hydrazone groups is 1. The number of ether oxygens (including phenoxy) is 1. The normalized spacial score (nSPS) is 18.2. The third-order valence-corrected chi connectivity index (χ3v) is 8.19. The number of hydrogen-bond acceptors (Lipinski definition) is 6. The Morgan fingerprint density at radius 1 is 1.00 bits per heavy atom. The summed E-state index contributed by atoms with van der Waals surface area (Å²) in [5.74, 6) is 0.879. The van der Waals surface area contributed by atoms with Crippen LogP contribution >= 0.6 is 23.4 Å². The number of nitrogens with zero attached hydrogens (tertiary/aromatic N) is 4. The fourth-order valence-electron chi connectivity index (χ4n) is 4.75. The van der Waals surface area contributed by atoms with E-state index in [0.717, 1.165) is 55.5 Å². The quantitative estimate of drug-likeness (QED) is 0.374. The second-order valence-corrected chi connectivity index (χ2v) is 11.1. The van der Waals surface area contributed by atoms with E-state index in [1.165, 1.54) is 20.9 Å². The van der Waals surface area contributed by atoms with E-state index in [9.17, 15) is 0 Å². The molecule has 5 nitrogen and oxygen atoms in total. The van der Waals surface area contributed by atoms with E-state index < -0.39 is 0 Å². The van der Waals surface area contributed by atoms with E-state index in [-0.39, 0.29) is 0 Å². The SMILES string of the molecule is CN(C)CCOc1ccccc1/C=N\N1CCN(C2Cc3ccccc3Sc3ccc(Cl)cc32)CC1. The topological polar surface area (TPSA) is 31.3 Å². The Balaban J connectivity index is 1.27. The van der Waals surface area contributed by atoms with Gasteiger partial charge in [-0.3, -0.25) is 9.91 Å². The minimum Gasteiger partial charge on any atom is -0.492 e. The smallest absolute Gasteiger partial charge is 0.128 e. The maximum Gasteiger partial charge on any atom is 0.128 e. The van der Waals surface area contributed by atoms with E-state index in [4.69, 9.17) is 21.4 Å². The van der Waals surface area contributed by atoms with Crippen LogP contribution in [0.2, 0.25) is 5.02 Å². The van der Waals surface area contributed by atoms with E-state index in [1.54, 1.807) is 0 Å². The van der Waals surface area contributed by atoms with Crippen molar-refractivity contribution in [1.82, 2.24) is 14.8 Å². The Morgan fingerprint density at radius 2 is 1.78 bits per heavy atom. The van der Waals surface area contributed by atoms with Gasteiger partial charge in [0, 0.05) is 59.1 Å². The van der Waals surface area contributed by atoms with Crippen LogP contribution in [0.5, 0.6) is 5.75 Å². The molecule has 2 heterocycles. The highest BCUT2D eigenvalue weighted by Crippen LogP contribution is 2.43. The predicted octanol–water partition coefficient (Wildman–Crippen LogP) is 5.68. The van der Waals surface area contributed by atoms with Crippen molar-refractivity contribution in [2.45, 2.75) is 22.3 Å². The monoisotopic (exact) mass is 520 g/mol. The Hall–Kier alpha value is -2.51. The summed E-state index contributed by atoms with van der Waals surface area (Å²) < 4.78 is 6.00. The van der Waals surface area contributed by atoms with Gasteiger partial charge in [-0.15, -0.1) is 0 Å². The lowest BCUT2D eigenvalue weighted by atomic mass is 9.97. The number of hydrogen-bond donors (Lipinski definition) is 0. The van der Waals surface area contributed by atoms with Gasteiger partial charge in [0.05, 0.1) is 6.21 Å². The zero-order valence-electron chi connectivity index (χ0n) is 20.9. The van der Waals surface area contributed by atoms with Gasteiger partial charge in [0.15, 0.2) is 0 Å². The van der Waals surface area contributed by atoms with Gasteiger partial charge in [-0.05, 0) is 68.0 Å². The number of piperazine rings is 1. The highest BCUT2D eigenvalue weighted by molar-refractivity contribution is 7.99. The first-order valence-electron chi connectivity index (χ1n) is 12.5. The van der Waals surface area contributed by atoms with Gasteiger partial charge in [0.25, 0.3) is 0 Å². The average Bonchev–Trinajstić information content (AvgIpc) is 3.05. The summed E-state index contributed by atoms with van der Waals surface area (Å²) in [6, 6.07) is 23.5. The lowest BCUT2D eigenvalue weighted by Gasteiger charge is -2.38. The Bertz CT molecular complexity index is 1210. The van der Waals surface area contributed by atoms with Gasteiger partial charge >= 0.3 is 0 Å². The van der Waals surface area contributed by atoms with Gasteiger partial charge in [-0.25, -0.2) is 0 Å². The highest BCUT2D eigenvalue weighted by Gasteiger charge is 2.30. The summed E-state index contributed by atoms with van der Waals surface area (Å²) in [7, 11) is 4.10. The Kier molecular flexibility index (Phi) is 8.17. The molecule has 188 valence electrons. The van der Waals surface area contributed by atoms with E-state index in [2.05, 4.69) is 71.4 Å². The molecule has 0 bridgehead atoms. The summed E-state index contributed by atoms with van der Waals surface area (Å²) in [5, 5.41) is 7.79. The average molecular weight is 521 g/mol. The molecular formula is C29H33ClN4OS. The van der Waals surface area contributed by atoms with Crippen molar-refractivity contribution in [2.24, 2.45) is 5.10 Å². The van der Waals surface area contributed by atoms with E-state index >= 15 is 0 Å². The third-order valence-electron chi connectivity index (χ3n) is 6.74. The van der Waals surface area contributed by atoms with Crippen LogP contribution in [0.25, 0.3) is 0 Å². The molecule has 7 heteroatoms. The summed E-state index contributed by atoms with van der Waals surface area (Å²) in [5.41, 5.74) is 3.76. The zero-order valence-corrected chi connectivity index (χ0v) is 22.5. The number of benzene rings is 3. The summed E-state index contributed by atoms with van der Waals surface area (Å²) in [6.07, 6.45) is 2.94. The van der Waals surface area contributed by atoms with Crippen LogP contribution in [0, 0.1) is 0 Å². The van der Waals surface area contributed by atoms with Crippen LogP contribution in [-0.2, 0) is 6.42 Å². The van der Waals surface area contributed by atoms with Gasteiger partial charge < -0.3 is 9.64 Å². The molecule has 36 heavy (non-hydrogen) atoms. The molecule has 0 N–H and O–H groups in total. The van der Waals surface area contributed by atoms with Gasteiger partial charge in [-0.1, -0.05) is 53.7 Å². The van der Waals surface area contributed by atoms with Crippen LogP contribution in [-0.4, -0.2) is 74.4 Å². The molecule has 1 unspecified atom stereocenters. The number of para-hydroxylation sites is 1. The molecule has 2 aliphatic rings.